The smallest absolute Gasteiger partial charge is 0.242 e. The lowest BCUT2D eigenvalue weighted by Gasteiger charge is -2.22. The van der Waals surface area contributed by atoms with E-state index in [-0.39, 0.29) is 17.7 Å². The quantitative estimate of drug-likeness (QED) is 0.783. The van der Waals surface area contributed by atoms with Crippen molar-refractivity contribution >= 4 is 22.8 Å². The van der Waals surface area contributed by atoms with E-state index in [1.165, 1.54) is 25.7 Å². The summed E-state index contributed by atoms with van der Waals surface area (Å²) in [6.45, 7) is 3.66. The second kappa shape index (κ2) is 7.81. The maximum Gasteiger partial charge on any atom is 0.242 e. The molecule has 154 valence electrons. The number of para-hydroxylation sites is 2. The zero-order valence-electron chi connectivity index (χ0n) is 17.1. The molecule has 6 heteroatoms. The maximum atomic E-state index is 13.1. The lowest BCUT2D eigenvalue weighted by atomic mass is 10.1. The number of amides is 2. The highest BCUT2D eigenvalue weighted by molar-refractivity contribution is 5.83. The third-order valence-electron chi connectivity index (χ3n) is 6.69. The number of aromatic nitrogens is 2. The summed E-state index contributed by atoms with van der Waals surface area (Å²) in [6, 6.07) is 8.03. The molecule has 2 aliphatic heterocycles. The Hall–Kier alpha value is -2.37. The van der Waals surface area contributed by atoms with Crippen molar-refractivity contribution in [3.63, 3.8) is 0 Å². The Balaban J connectivity index is 1.41. The number of hydrogen-bond acceptors (Lipinski definition) is 3. The summed E-state index contributed by atoms with van der Waals surface area (Å²) in [7, 11) is 0. The molecule has 6 nitrogen and oxygen atoms in total. The summed E-state index contributed by atoms with van der Waals surface area (Å²) in [5, 5.41) is 0. The first kappa shape index (κ1) is 18.6. The van der Waals surface area contributed by atoms with Gasteiger partial charge in [0.05, 0.1) is 11.0 Å². The van der Waals surface area contributed by atoms with E-state index in [0.717, 1.165) is 55.9 Å². The molecular weight excluding hydrogens is 364 g/mol. The first-order valence-electron chi connectivity index (χ1n) is 11.2. The van der Waals surface area contributed by atoms with Crippen LogP contribution in [0.2, 0.25) is 0 Å². The van der Waals surface area contributed by atoms with Crippen LogP contribution in [0.3, 0.4) is 0 Å². The van der Waals surface area contributed by atoms with E-state index < -0.39 is 0 Å². The largest absolute Gasteiger partial charge is 0.342 e. The number of nitrogens with zero attached hydrogens (tertiary/aromatic N) is 4. The first-order valence-corrected chi connectivity index (χ1v) is 11.2. The second-order valence-corrected chi connectivity index (χ2v) is 8.98. The number of imidazole rings is 1. The lowest BCUT2D eigenvalue weighted by Crippen LogP contribution is -2.35. The molecule has 0 unspecified atom stereocenters. The van der Waals surface area contributed by atoms with Gasteiger partial charge in [-0.1, -0.05) is 25.0 Å². The highest BCUT2D eigenvalue weighted by Gasteiger charge is 2.37. The first-order chi connectivity index (χ1) is 14.2. The van der Waals surface area contributed by atoms with Crippen molar-refractivity contribution in [2.45, 2.75) is 57.4 Å². The van der Waals surface area contributed by atoms with Gasteiger partial charge < -0.3 is 14.4 Å². The van der Waals surface area contributed by atoms with Gasteiger partial charge in [-0.25, -0.2) is 4.98 Å². The van der Waals surface area contributed by atoms with Crippen LogP contribution in [0, 0.1) is 5.92 Å². The summed E-state index contributed by atoms with van der Waals surface area (Å²) < 4.78 is 2.08. The molecule has 1 aromatic heterocycles. The number of benzene rings is 1. The minimum absolute atomic E-state index is 0.0746. The molecule has 1 saturated carbocycles. The molecule has 5 rings (SSSR count). The fraction of sp³-hybridized carbons (Fsp3) is 0.609. The molecular formula is C23H30N4O2. The molecule has 29 heavy (non-hydrogen) atoms. The monoisotopic (exact) mass is 394 g/mol. The minimum atomic E-state index is 0.0746. The van der Waals surface area contributed by atoms with Crippen LogP contribution in [0.15, 0.2) is 24.3 Å². The molecule has 1 aliphatic carbocycles. The third-order valence-corrected chi connectivity index (χ3v) is 6.69. The zero-order valence-corrected chi connectivity index (χ0v) is 17.1. The van der Waals surface area contributed by atoms with Crippen LogP contribution in [-0.2, 0) is 16.1 Å². The van der Waals surface area contributed by atoms with Crippen LogP contribution in [-0.4, -0.2) is 57.3 Å². The molecule has 3 aliphatic rings. The van der Waals surface area contributed by atoms with Crippen LogP contribution in [0.4, 0.5) is 0 Å². The number of fused-ring (bicyclic) bond motifs is 1. The molecule has 0 bridgehead atoms. The number of likely N-dealkylation sites (tertiary alicyclic amines) is 2. The second-order valence-electron chi connectivity index (χ2n) is 8.98. The average molecular weight is 395 g/mol. The number of carbonyl (C=O) groups is 2. The third kappa shape index (κ3) is 3.89. The van der Waals surface area contributed by atoms with Crippen molar-refractivity contribution in [1.82, 2.24) is 19.4 Å². The van der Waals surface area contributed by atoms with E-state index in [0.29, 0.717) is 18.9 Å². The van der Waals surface area contributed by atoms with Gasteiger partial charge in [0.25, 0.3) is 0 Å². The van der Waals surface area contributed by atoms with Gasteiger partial charge in [0.1, 0.15) is 12.4 Å². The SMILES string of the molecule is O=C(Cn1c([C@@H]2CC(=O)N(CC3CC3)C2)nc2ccccc21)N1CCCCCC1. The molecule has 1 atom stereocenters. The van der Waals surface area contributed by atoms with Gasteiger partial charge in [-0.15, -0.1) is 0 Å². The van der Waals surface area contributed by atoms with Crippen molar-refractivity contribution in [3.8, 4) is 0 Å². The number of hydrogen-bond donors (Lipinski definition) is 0. The normalized spacial score (nSPS) is 23.0. The van der Waals surface area contributed by atoms with Gasteiger partial charge >= 0.3 is 0 Å². The van der Waals surface area contributed by atoms with Crippen molar-refractivity contribution < 1.29 is 9.59 Å². The summed E-state index contributed by atoms with van der Waals surface area (Å²) >= 11 is 0. The highest BCUT2D eigenvalue weighted by Crippen LogP contribution is 2.35. The van der Waals surface area contributed by atoms with Crippen molar-refractivity contribution in [3.05, 3.63) is 30.1 Å². The summed E-state index contributed by atoms with van der Waals surface area (Å²) in [6.07, 6.45) is 7.61. The number of rotatable bonds is 5. The van der Waals surface area contributed by atoms with Gasteiger partial charge in [0.15, 0.2) is 0 Å². The van der Waals surface area contributed by atoms with E-state index in [2.05, 4.69) is 4.57 Å². The van der Waals surface area contributed by atoms with E-state index in [4.69, 9.17) is 4.98 Å². The average Bonchev–Trinajstić information content (AvgIpc) is 3.44. The molecule has 1 aromatic carbocycles. The Morgan fingerprint density at radius 2 is 1.83 bits per heavy atom. The summed E-state index contributed by atoms with van der Waals surface area (Å²) in [5.74, 6) is 2.09. The lowest BCUT2D eigenvalue weighted by molar-refractivity contribution is -0.131. The predicted molar refractivity (Wildman–Crippen MR) is 111 cm³/mol. The Kier molecular flexibility index (Phi) is 5.02. The van der Waals surface area contributed by atoms with E-state index in [9.17, 15) is 9.59 Å². The van der Waals surface area contributed by atoms with E-state index >= 15 is 0 Å². The minimum Gasteiger partial charge on any atom is -0.342 e. The predicted octanol–water partition coefficient (Wildman–Crippen LogP) is 3.16. The molecule has 2 amide bonds. The Labute approximate surface area is 171 Å². The van der Waals surface area contributed by atoms with Gasteiger partial charge in [0, 0.05) is 38.5 Å². The van der Waals surface area contributed by atoms with Crippen LogP contribution in [0.1, 0.15) is 56.7 Å². The van der Waals surface area contributed by atoms with Gasteiger partial charge in [0.2, 0.25) is 11.8 Å². The van der Waals surface area contributed by atoms with Crippen molar-refractivity contribution in [1.29, 1.82) is 0 Å². The molecule has 3 fully saturated rings. The number of carbonyl (C=O) groups excluding carboxylic acids is 2. The zero-order chi connectivity index (χ0) is 19.8. The van der Waals surface area contributed by atoms with Gasteiger partial charge in [-0.3, -0.25) is 9.59 Å². The molecule has 3 heterocycles. The molecule has 2 aromatic rings. The molecule has 0 N–H and O–H groups in total. The van der Waals surface area contributed by atoms with Crippen LogP contribution in [0.5, 0.6) is 0 Å². The highest BCUT2D eigenvalue weighted by atomic mass is 16.2. The van der Waals surface area contributed by atoms with E-state index in [1.807, 2.05) is 34.1 Å². The van der Waals surface area contributed by atoms with Crippen LogP contribution >= 0.6 is 0 Å². The van der Waals surface area contributed by atoms with Gasteiger partial charge in [-0.05, 0) is 43.7 Å². The Bertz CT molecular complexity index is 909. The van der Waals surface area contributed by atoms with Crippen molar-refractivity contribution in [2.24, 2.45) is 5.92 Å². The molecule has 0 radical (unpaired) electrons. The maximum absolute atomic E-state index is 13.1. The summed E-state index contributed by atoms with van der Waals surface area (Å²) in [4.78, 5) is 34.6. The fourth-order valence-corrected chi connectivity index (χ4v) is 4.86. The van der Waals surface area contributed by atoms with Crippen LogP contribution in [0.25, 0.3) is 11.0 Å². The molecule has 2 saturated heterocycles. The topological polar surface area (TPSA) is 58.4 Å². The fourth-order valence-electron chi connectivity index (χ4n) is 4.86. The van der Waals surface area contributed by atoms with Gasteiger partial charge in [-0.2, -0.15) is 0 Å². The Morgan fingerprint density at radius 3 is 2.59 bits per heavy atom. The van der Waals surface area contributed by atoms with Crippen LogP contribution < -0.4 is 0 Å². The Morgan fingerprint density at radius 1 is 1.07 bits per heavy atom. The van der Waals surface area contributed by atoms with E-state index in [1.54, 1.807) is 0 Å². The summed E-state index contributed by atoms with van der Waals surface area (Å²) in [5.41, 5.74) is 1.91. The van der Waals surface area contributed by atoms with Crippen molar-refractivity contribution in [2.75, 3.05) is 26.2 Å². The standard InChI is InChI=1S/C23H30N4O2/c28-21-13-18(15-26(21)14-17-9-10-17)23-24-19-7-3-4-8-20(19)27(23)16-22(29)25-11-5-1-2-6-12-25/h3-4,7-8,17-18H,1-2,5-6,9-16H2/t18-/m1/s1. The molecule has 0 spiro atoms.